The maximum Gasteiger partial charge on any atom is 0.416 e. The minimum atomic E-state index is -4.37. The number of hydrogen-bond acceptors (Lipinski definition) is 2. The number of rotatable bonds is 4. The zero-order chi connectivity index (χ0) is 20.3. The summed E-state index contributed by atoms with van der Waals surface area (Å²) < 4.78 is 37.7. The topological polar surface area (TPSA) is 56.9 Å². The van der Waals surface area contributed by atoms with Crippen molar-refractivity contribution in [3.05, 3.63) is 75.6 Å². The molecule has 0 saturated heterocycles. The van der Waals surface area contributed by atoms with E-state index in [1.807, 2.05) is 31.2 Å². The molecule has 146 valence electrons. The third kappa shape index (κ3) is 4.89. The minimum Gasteiger partial charge on any atom is -0.362 e. The van der Waals surface area contributed by atoms with Gasteiger partial charge in [-0.1, -0.05) is 12.1 Å². The molecule has 0 radical (unpaired) electrons. The number of benzene rings is 2. The Balaban J connectivity index is 1.57. The van der Waals surface area contributed by atoms with Crippen LogP contribution in [0.1, 0.15) is 16.7 Å². The molecular formula is C20H18F3N3OS. The highest BCUT2D eigenvalue weighted by Crippen LogP contribution is 2.29. The predicted molar refractivity (Wildman–Crippen MR) is 109 cm³/mol. The minimum absolute atomic E-state index is 0.151. The van der Waals surface area contributed by atoms with E-state index in [2.05, 4.69) is 15.6 Å². The number of anilines is 1. The Kier molecular flexibility index (Phi) is 5.69. The van der Waals surface area contributed by atoms with Crippen LogP contribution in [0.4, 0.5) is 18.9 Å². The van der Waals surface area contributed by atoms with Crippen LogP contribution < -0.4 is 16.2 Å². The van der Waals surface area contributed by atoms with E-state index >= 15 is 0 Å². The van der Waals surface area contributed by atoms with E-state index in [1.165, 1.54) is 12.1 Å². The van der Waals surface area contributed by atoms with Crippen LogP contribution in [-0.4, -0.2) is 16.6 Å². The van der Waals surface area contributed by atoms with Gasteiger partial charge in [-0.2, -0.15) is 13.2 Å². The van der Waals surface area contributed by atoms with Gasteiger partial charge in [0.05, 0.1) is 5.56 Å². The number of hydrogen-bond donors (Lipinski definition) is 3. The monoisotopic (exact) mass is 405 g/mol. The van der Waals surface area contributed by atoms with E-state index in [9.17, 15) is 18.0 Å². The molecule has 0 saturated carbocycles. The molecule has 0 spiro atoms. The summed E-state index contributed by atoms with van der Waals surface area (Å²) >= 11 is 5.15. The molecule has 0 atom stereocenters. The van der Waals surface area contributed by atoms with Gasteiger partial charge in [0.15, 0.2) is 5.11 Å². The van der Waals surface area contributed by atoms with Crippen LogP contribution in [0, 0.1) is 6.92 Å². The Morgan fingerprint density at radius 2 is 1.82 bits per heavy atom. The molecule has 4 nitrogen and oxygen atoms in total. The molecule has 2 aromatic carbocycles. The van der Waals surface area contributed by atoms with Crippen molar-refractivity contribution < 1.29 is 13.2 Å². The number of thiocarbonyl (C=S) groups is 1. The van der Waals surface area contributed by atoms with Gasteiger partial charge < -0.3 is 15.6 Å². The van der Waals surface area contributed by atoms with E-state index in [-0.39, 0.29) is 10.7 Å². The molecule has 3 N–H and O–H groups in total. The highest BCUT2D eigenvalue weighted by atomic mass is 32.1. The number of halogens is 3. The molecule has 1 aromatic heterocycles. The van der Waals surface area contributed by atoms with Crippen LogP contribution in [0.25, 0.3) is 10.9 Å². The van der Waals surface area contributed by atoms with Crippen LogP contribution in [-0.2, 0) is 12.6 Å². The molecule has 3 rings (SSSR count). The first-order valence-corrected chi connectivity index (χ1v) is 8.98. The van der Waals surface area contributed by atoms with Gasteiger partial charge in [0.1, 0.15) is 0 Å². The second-order valence-electron chi connectivity index (χ2n) is 6.42. The zero-order valence-corrected chi connectivity index (χ0v) is 15.8. The van der Waals surface area contributed by atoms with E-state index < -0.39 is 11.7 Å². The van der Waals surface area contributed by atoms with Crippen molar-refractivity contribution in [2.75, 3.05) is 11.9 Å². The van der Waals surface area contributed by atoms with Crippen LogP contribution in [0.2, 0.25) is 0 Å². The molecule has 0 unspecified atom stereocenters. The lowest BCUT2D eigenvalue weighted by Gasteiger charge is -2.12. The Morgan fingerprint density at radius 3 is 2.50 bits per heavy atom. The molecular weight excluding hydrogens is 387 g/mol. The van der Waals surface area contributed by atoms with E-state index in [0.29, 0.717) is 24.2 Å². The van der Waals surface area contributed by atoms with Crippen LogP contribution in [0.5, 0.6) is 0 Å². The van der Waals surface area contributed by atoms with Crippen molar-refractivity contribution in [2.45, 2.75) is 19.5 Å². The number of aryl methyl sites for hydroxylation is 1. The van der Waals surface area contributed by atoms with Crippen molar-refractivity contribution in [1.82, 2.24) is 10.3 Å². The normalized spacial score (nSPS) is 11.4. The Bertz CT molecular complexity index is 1060. The number of nitrogens with one attached hydrogen (secondary N) is 3. The van der Waals surface area contributed by atoms with Gasteiger partial charge in [-0.05, 0) is 72.9 Å². The number of alkyl halides is 3. The summed E-state index contributed by atoms with van der Waals surface area (Å²) in [6.07, 6.45) is -3.92. The fourth-order valence-corrected chi connectivity index (χ4v) is 2.99. The fourth-order valence-electron chi connectivity index (χ4n) is 2.77. The molecule has 0 fully saturated rings. The van der Waals surface area contributed by atoms with Crippen LogP contribution in [0.15, 0.2) is 53.3 Å². The van der Waals surface area contributed by atoms with Gasteiger partial charge in [0, 0.05) is 23.3 Å². The second-order valence-corrected chi connectivity index (χ2v) is 6.83. The average Bonchev–Trinajstić information content (AvgIpc) is 2.62. The SMILES string of the molecule is Cc1ccc2cc(CCNC(=S)Nc3ccc(C(F)(F)F)cc3)c(=O)[nH]c2c1. The Hall–Kier alpha value is -2.87. The lowest BCUT2D eigenvalue weighted by molar-refractivity contribution is -0.137. The van der Waals surface area contributed by atoms with Gasteiger partial charge in [0.25, 0.3) is 5.56 Å². The maximum absolute atomic E-state index is 12.6. The number of pyridine rings is 1. The first-order valence-electron chi connectivity index (χ1n) is 8.57. The summed E-state index contributed by atoms with van der Waals surface area (Å²) in [6.45, 7) is 2.37. The number of aromatic nitrogens is 1. The first-order chi connectivity index (χ1) is 13.2. The molecule has 0 aliphatic carbocycles. The maximum atomic E-state index is 12.6. The molecule has 0 bridgehead atoms. The molecule has 0 aliphatic heterocycles. The lowest BCUT2D eigenvalue weighted by atomic mass is 10.1. The smallest absolute Gasteiger partial charge is 0.362 e. The fraction of sp³-hybridized carbons (Fsp3) is 0.200. The summed E-state index contributed by atoms with van der Waals surface area (Å²) in [5, 5.41) is 7.00. The molecule has 0 amide bonds. The zero-order valence-electron chi connectivity index (χ0n) is 15.0. The molecule has 0 aliphatic rings. The highest BCUT2D eigenvalue weighted by molar-refractivity contribution is 7.80. The molecule has 3 aromatic rings. The van der Waals surface area contributed by atoms with Crippen LogP contribution >= 0.6 is 12.2 Å². The molecule has 28 heavy (non-hydrogen) atoms. The van der Waals surface area contributed by atoms with Crippen molar-refractivity contribution >= 4 is 33.9 Å². The van der Waals surface area contributed by atoms with Crippen molar-refractivity contribution in [2.24, 2.45) is 0 Å². The van der Waals surface area contributed by atoms with Gasteiger partial charge in [0.2, 0.25) is 0 Å². The Labute approximate surface area is 164 Å². The quantitative estimate of drug-likeness (QED) is 0.564. The number of aromatic amines is 1. The van der Waals surface area contributed by atoms with Gasteiger partial charge in [-0.25, -0.2) is 0 Å². The van der Waals surface area contributed by atoms with Gasteiger partial charge >= 0.3 is 6.18 Å². The summed E-state index contributed by atoms with van der Waals surface area (Å²) in [6, 6.07) is 12.3. The van der Waals surface area contributed by atoms with Gasteiger partial charge in [-0.15, -0.1) is 0 Å². The standard InChI is InChI=1S/C20H18F3N3OS/c1-12-2-3-13-11-14(18(27)26-17(13)10-12)8-9-24-19(28)25-16-6-4-15(5-7-16)20(21,22)23/h2-7,10-11H,8-9H2,1H3,(H,26,27)(H2,24,25,28). The van der Waals surface area contributed by atoms with Crippen LogP contribution in [0.3, 0.4) is 0 Å². The first kappa shape index (κ1) is 19.9. The summed E-state index contributed by atoms with van der Waals surface area (Å²) in [4.78, 5) is 15.1. The molecule has 1 heterocycles. The third-order valence-corrected chi connectivity index (χ3v) is 4.47. The summed E-state index contributed by atoms with van der Waals surface area (Å²) in [5.41, 5.74) is 2.06. The Morgan fingerprint density at radius 1 is 1.11 bits per heavy atom. The van der Waals surface area contributed by atoms with Gasteiger partial charge in [-0.3, -0.25) is 4.79 Å². The molecule has 8 heteroatoms. The summed E-state index contributed by atoms with van der Waals surface area (Å²) in [5.74, 6) is 0. The summed E-state index contributed by atoms with van der Waals surface area (Å²) in [7, 11) is 0. The van der Waals surface area contributed by atoms with E-state index in [1.54, 1.807) is 0 Å². The second kappa shape index (κ2) is 8.02. The van der Waals surface area contributed by atoms with Crippen molar-refractivity contribution in [1.29, 1.82) is 0 Å². The lowest BCUT2D eigenvalue weighted by Crippen LogP contribution is -2.31. The van der Waals surface area contributed by atoms with Crippen molar-refractivity contribution in [3.8, 4) is 0 Å². The number of fused-ring (bicyclic) bond motifs is 1. The third-order valence-electron chi connectivity index (χ3n) is 4.23. The van der Waals surface area contributed by atoms with Crippen molar-refractivity contribution in [3.63, 3.8) is 0 Å². The van der Waals surface area contributed by atoms with E-state index in [4.69, 9.17) is 12.2 Å². The number of H-pyrrole nitrogens is 1. The largest absolute Gasteiger partial charge is 0.416 e. The van der Waals surface area contributed by atoms with E-state index in [0.717, 1.165) is 28.6 Å². The average molecular weight is 405 g/mol. The highest BCUT2D eigenvalue weighted by Gasteiger charge is 2.29. The predicted octanol–water partition coefficient (Wildman–Crippen LogP) is 4.38.